The summed E-state index contributed by atoms with van der Waals surface area (Å²) in [6, 6.07) is 0. The highest BCUT2D eigenvalue weighted by molar-refractivity contribution is 5.02. The molecule has 1 aliphatic rings. The Morgan fingerprint density at radius 2 is 2.25 bits per heavy atom. The summed E-state index contributed by atoms with van der Waals surface area (Å²) in [4.78, 5) is 0. The number of allylic oxidation sites excluding steroid dienone is 2. The molecule has 0 N–H and O–H groups in total. The molecule has 0 aliphatic heterocycles. The topological polar surface area (TPSA) is 0 Å². The van der Waals surface area contributed by atoms with E-state index < -0.39 is 0 Å². The van der Waals surface area contributed by atoms with Crippen LogP contribution in [0.1, 0.15) is 46.0 Å². The van der Waals surface area contributed by atoms with E-state index in [1.54, 1.807) is 0 Å². The molecule has 0 spiro atoms. The van der Waals surface area contributed by atoms with Gasteiger partial charge in [-0.25, -0.2) is 4.39 Å². The molecule has 1 rings (SSSR count). The molecular formula is C11H19F. The smallest absolute Gasteiger partial charge is 0.0962 e. The fourth-order valence-corrected chi connectivity index (χ4v) is 2.15. The summed E-state index contributed by atoms with van der Waals surface area (Å²) in [5.41, 5.74) is 0. The average molecular weight is 170 g/mol. The lowest BCUT2D eigenvalue weighted by atomic mass is 9.79. The molecule has 0 saturated heterocycles. The molecule has 0 aromatic heterocycles. The zero-order chi connectivity index (χ0) is 8.97. The third-order valence-electron chi connectivity index (χ3n) is 2.90. The van der Waals surface area contributed by atoms with Gasteiger partial charge in [0.2, 0.25) is 0 Å². The van der Waals surface area contributed by atoms with E-state index in [0.717, 1.165) is 18.8 Å². The van der Waals surface area contributed by atoms with Gasteiger partial charge in [0.25, 0.3) is 0 Å². The summed E-state index contributed by atoms with van der Waals surface area (Å²) >= 11 is 0. The van der Waals surface area contributed by atoms with Gasteiger partial charge in [0.15, 0.2) is 0 Å². The third kappa shape index (κ3) is 2.33. The Morgan fingerprint density at radius 3 is 2.83 bits per heavy atom. The first-order chi connectivity index (χ1) is 5.77. The summed E-state index contributed by atoms with van der Waals surface area (Å²) < 4.78 is 12.9. The molecule has 1 aliphatic carbocycles. The molecule has 0 aromatic carbocycles. The van der Waals surface area contributed by atoms with Gasteiger partial charge < -0.3 is 0 Å². The van der Waals surface area contributed by atoms with Crippen molar-refractivity contribution in [3.8, 4) is 0 Å². The van der Waals surface area contributed by atoms with Crippen LogP contribution >= 0.6 is 0 Å². The van der Waals surface area contributed by atoms with Crippen molar-refractivity contribution < 1.29 is 4.39 Å². The normalized spacial score (nSPS) is 30.1. The Kier molecular flexibility index (Phi) is 3.77. The third-order valence-corrected chi connectivity index (χ3v) is 2.90. The Labute approximate surface area is 74.9 Å². The van der Waals surface area contributed by atoms with Crippen molar-refractivity contribution in [1.29, 1.82) is 0 Å². The van der Waals surface area contributed by atoms with Gasteiger partial charge in [-0.2, -0.15) is 0 Å². The monoisotopic (exact) mass is 170 g/mol. The quantitative estimate of drug-likeness (QED) is 0.598. The number of rotatable bonds is 3. The molecule has 0 fully saturated rings. The van der Waals surface area contributed by atoms with Gasteiger partial charge in [-0.05, 0) is 37.2 Å². The molecule has 0 saturated carbocycles. The maximum atomic E-state index is 12.9. The van der Waals surface area contributed by atoms with E-state index >= 15 is 0 Å². The zero-order valence-electron chi connectivity index (χ0n) is 8.15. The van der Waals surface area contributed by atoms with E-state index in [1.807, 2.05) is 6.08 Å². The number of hydrogen-bond donors (Lipinski definition) is 0. The predicted molar refractivity (Wildman–Crippen MR) is 50.6 cm³/mol. The van der Waals surface area contributed by atoms with E-state index in [1.165, 1.54) is 12.8 Å². The molecule has 70 valence electrons. The Balaban J connectivity index is 2.55. The zero-order valence-corrected chi connectivity index (χ0v) is 8.15. The van der Waals surface area contributed by atoms with Gasteiger partial charge in [0.05, 0.1) is 5.83 Å². The van der Waals surface area contributed by atoms with E-state index in [4.69, 9.17) is 0 Å². The van der Waals surface area contributed by atoms with Crippen LogP contribution in [0.3, 0.4) is 0 Å². The minimum absolute atomic E-state index is 0.123. The van der Waals surface area contributed by atoms with Crippen molar-refractivity contribution in [2.45, 2.75) is 46.0 Å². The van der Waals surface area contributed by atoms with Crippen molar-refractivity contribution in [2.75, 3.05) is 0 Å². The van der Waals surface area contributed by atoms with Crippen LogP contribution in [0.5, 0.6) is 0 Å². The molecule has 0 heterocycles. The largest absolute Gasteiger partial charge is 0.212 e. The second-order valence-corrected chi connectivity index (χ2v) is 3.77. The van der Waals surface area contributed by atoms with Gasteiger partial charge >= 0.3 is 0 Å². The Bertz CT molecular complexity index is 160. The molecule has 12 heavy (non-hydrogen) atoms. The van der Waals surface area contributed by atoms with E-state index in [9.17, 15) is 4.39 Å². The van der Waals surface area contributed by atoms with Crippen LogP contribution in [0.15, 0.2) is 11.9 Å². The van der Waals surface area contributed by atoms with Gasteiger partial charge in [-0.1, -0.05) is 26.7 Å². The van der Waals surface area contributed by atoms with E-state index in [0.29, 0.717) is 12.3 Å². The summed E-state index contributed by atoms with van der Waals surface area (Å²) in [5, 5.41) is 0. The Hall–Kier alpha value is -0.330. The van der Waals surface area contributed by atoms with Crippen molar-refractivity contribution in [3.63, 3.8) is 0 Å². The lowest BCUT2D eigenvalue weighted by Crippen LogP contribution is -2.16. The maximum Gasteiger partial charge on any atom is 0.0962 e. The van der Waals surface area contributed by atoms with E-state index in [-0.39, 0.29) is 5.83 Å². The summed E-state index contributed by atoms with van der Waals surface area (Å²) in [7, 11) is 0. The first kappa shape index (κ1) is 9.76. The molecule has 2 atom stereocenters. The Morgan fingerprint density at radius 1 is 1.50 bits per heavy atom. The second-order valence-electron chi connectivity index (χ2n) is 3.77. The highest BCUT2D eigenvalue weighted by Gasteiger charge is 2.22. The molecule has 0 radical (unpaired) electrons. The second kappa shape index (κ2) is 4.64. The first-order valence-electron chi connectivity index (χ1n) is 5.14. The maximum absolute atomic E-state index is 12.9. The van der Waals surface area contributed by atoms with Gasteiger partial charge in [0.1, 0.15) is 0 Å². The van der Waals surface area contributed by atoms with Crippen LogP contribution in [-0.2, 0) is 0 Å². The summed E-state index contributed by atoms with van der Waals surface area (Å²) in [6.45, 7) is 4.39. The lowest BCUT2D eigenvalue weighted by molar-refractivity contribution is 0.301. The van der Waals surface area contributed by atoms with Crippen molar-refractivity contribution in [3.05, 3.63) is 11.9 Å². The molecular weight excluding hydrogens is 151 g/mol. The van der Waals surface area contributed by atoms with Crippen LogP contribution in [0.2, 0.25) is 0 Å². The SMILES string of the molecule is CCCC1C=C(F)CCC1CC. The van der Waals surface area contributed by atoms with E-state index in [2.05, 4.69) is 13.8 Å². The predicted octanol–water partition coefficient (Wildman–Crippen LogP) is 4.08. The van der Waals surface area contributed by atoms with Crippen LogP contribution in [0, 0.1) is 11.8 Å². The summed E-state index contributed by atoms with van der Waals surface area (Å²) in [6.07, 6.45) is 7.13. The minimum Gasteiger partial charge on any atom is -0.212 e. The van der Waals surface area contributed by atoms with Gasteiger partial charge in [0, 0.05) is 0 Å². The fraction of sp³-hybridized carbons (Fsp3) is 0.818. The minimum atomic E-state index is 0.123. The van der Waals surface area contributed by atoms with Crippen LogP contribution in [-0.4, -0.2) is 0 Å². The molecule has 0 bridgehead atoms. The standard InChI is InChI=1S/C11H19F/c1-3-5-10-8-11(12)7-6-9(10)4-2/h8-10H,3-7H2,1-2H3. The van der Waals surface area contributed by atoms with Gasteiger partial charge in [-0.3, -0.25) is 0 Å². The molecule has 0 nitrogen and oxygen atoms in total. The van der Waals surface area contributed by atoms with Gasteiger partial charge in [-0.15, -0.1) is 0 Å². The van der Waals surface area contributed by atoms with Crippen molar-refractivity contribution >= 4 is 0 Å². The molecule has 0 amide bonds. The number of hydrogen-bond acceptors (Lipinski definition) is 0. The highest BCUT2D eigenvalue weighted by Crippen LogP contribution is 2.34. The van der Waals surface area contributed by atoms with Crippen molar-refractivity contribution in [1.82, 2.24) is 0 Å². The van der Waals surface area contributed by atoms with Crippen LogP contribution in [0.4, 0.5) is 4.39 Å². The van der Waals surface area contributed by atoms with Crippen molar-refractivity contribution in [2.24, 2.45) is 11.8 Å². The van der Waals surface area contributed by atoms with Crippen LogP contribution < -0.4 is 0 Å². The van der Waals surface area contributed by atoms with Crippen LogP contribution in [0.25, 0.3) is 0 Å². The molecule has 2 unspecified atom stereocenters. The lowest BCUT2D eigenvalue weighted by Gasteiger charge is -2.26. The average Bonchev–Trinajstić information content (AvgIpc) is 2.05. The summed E-state index contributed by atoms with van der Waals surface area (Å²) in [5.74, 6) is 1.39. The first-order valence-corrected chi connectivity index (χ1v) is 5.14. The highest BCUT2D eigenvalue weighted by atomic mass is 19.1. The molecule has 0 aromatic rings. The number of halogens is 1. The molecule has 1 heteroatoms. The fourth-order valence-electron chi connectivity index (χ4n) is 2.15.